The van der Waals surface area contributed by atoms with E-state index in [4.69, 9.17) is 9.47 Å². The summed E-state index contributed by atoms with van der Waals surface area (Å²) >= 11 is 0. The highest BCUT2D eigenvalue weighted by Gasteiger charge is 2.39. The minimum Gasteiger partial charge on any atom is -0.394 e. The summed E-state index contributed by atoms with van der Waals surface area (Å²) in [5.41, 5.74) is 0. The highest BCUT2D eigenvalue weighted by Crippen LogP contribution is 2.19. The standard InChI is InChI=1S/C19H36O5/c1-2-3-4-5-6-7-8-9-10-11-12-13-23-19-17(14-20)24-15-16(21)18(19)22/h2-3,16-22H,4-15H2,1H3/b3-2+/t16-,17+,18+,19+/m1/s1. The molecule has 1 heterocycles. The quantitative estimate of drug-likeness (QED) is 0.353. The second-order valence-electron chi connectivity index (χ2n) is 6.63. The predicted molar refractivity (Wildman–Crippen MR) is 94.9 cm³/mol. The Balaban J connectivity index is 1.97. The van der Waals surface area contributed by atoms with Crippen molar-refractivity contribution in [2.45, 2.75) is 89.1 Å². The molecule has 0 aromatic heterocycles. The van der Waals surface area contributed by atoms with Crippen LogP contribution in [0.15, 0.2) is 12.2 Å². The van der Waals surface area contributed by atoms with Crippen molar-refractivity contribution in [3.8, 4) is 0 Å². The number of unbranched alkanes of at least 4 members (excludes halogenated alkanes) is 8. The zero-order valence-electron chi connectivity index (χ0n) is 15.1. The van der Waals surface area contributed by atoms with E-state index in [1.165, 1.54) is 44.9 Å². The summed E-state index contributed by atoms with van der Waals surface area (Å²) in [6.07, 6.45) is 12.1. The molecule has 1 rings (SSSR count). The third-order valence-electron chi connectivity index (χ3n) is 4.57. The Labute approximate surface area is 146 Å². The average molecular weight is 344 g/mol. The first-order valence-electron chi connectivity index (χ1n) is 9.52. The largest absolute Gasteiger partial charge is 0.394 e. The normalized spacial score (nSPS) is 27.8. The monoisotopic (exact) mass is 344 g/mol. The Bertz CT molecular complexity index is 319. The van der Waals surface area contributed by atoms with Gasteiger partial charge in [0.15, 0.2) is 0 Å². The first kappa shape index (κ1) is 21.6. The van der Waals surface area contributed by atoms with Crippen molar-refractivity contribution in [2.75, 3.05) is 19.8 Å². The summed E-state index contributed by atoms with van der Waals surface area (Å²) < 4.78 is 10.9. The molecule has 5 nitrogen and oxygen atoms in total. The van der Waals surface area contributed by atoms with Gasteiger partial charge in [-0.3, -0.25) is 0 Å². The van der Waals surface area contributed by atoms with Gasteiger partial charge in [-0.05, 0) is 26.2 Å². The van der Waals surface area contributed by atoms with Gasteiger partial charge in [0.05, 0.1) is 13.2 Å². The number of aliphatic hydroxyl groups is 3. The van der Waals surface area contributed by atoms with Crippen molar-refractivity contribution in [1.29, 1.82) is 0 Å². The molecule has 1 saturated heterocycles. The van der Waals surface area contributed by atoms with E-state index in [0.717, 1.165) is 12.8 Å². The number of ether oxygens (including phenoxy) is 2. The van der Waals surface area contributed by atoms with Crippen LogP contribution in [0.3, 0.4) is 0 Å². The molecular formula is C19H36O5. The van der Waals surface area contributed by atoms with Crippen LogP contribution in [0.4, 0.5) is 0 Å². The molecule has 0 amide bonds. The molecule has 24 heavy (non-hydrogen) atoms. The van der Waals surface area contributed by atoms with Gasteiger partial charge in [0.25, 0.3) is 0 Å². The first-order chi connectivity index (χ1) is 11.7. The molecule has 0 saturated carbocycles. The Morgan fingerprint density at radius 3 is 2.25 bits per heavy atom. The molecule has 1 aliphatic rings. The van der Waals surface area contributed by atoms with E-state index in [1.807, 2.05) is 0 Å². The van der Waals surface area contributed by atoms with E-state index in [2.05, 4.69) is 19.1 Å². The number of hydrogen-bond acceptors (Lipinski definition) is 5. The molecule has 142 valence electrons. The van der Waals surface area contributed by atoms with Crippen molar-refractivity contribution in [3.05, 3.63) is 12.2 Å². The van der Waals surface area contributed by atoms with Crippen LogP contribution in [0, 0.1) is 0 Å². The molecule has 0 unspecified atom stereocenters. The lowest BCUT2D eigenvalue weighted by molar-refractivity contribution is -0.211. The van der Waals surface area contributed by atoms with Gasteiger partial charge in [-0.25, -0.2) is 0 Å². The van der Waals surface area contributed by atoms with E-state index >= 15 is 0 Å². The summed E-state index contributed by atoms with van der Waals surface area (Å²) in [4.78, 5) is 0. The van der Waals surface area contributed by atoms with Crippen LogP contribution < -0.4 is 0 Å². The summed E-state index contributed by atoms with van der Waals surface area (Å²) in [5.74, 6) is 0. The van der Waals surface area contributed by atoms with Gasteiger partial charge in [-0.2, -0.15) is 0 Å². The van der Waals surface area contributed by atoms with Crippen LogP contribution in [0.1, 0.15) is 64.7 Å². The van der Waals surface area contributed by atoms with E-state index in [-0.39, 0.29) is 13.2 Å². The zero-order chi connectivity index (χ0) is 17.6. The van der Waals surface area contributed by atoms with Gasteiger partial charge in [0.1, 0.15) is 24.4 Å². The second-order valence-corrected chi connectivity index (χ2v) is 6.63. The molecule has 0 aromatic carbocycles. The predicted octanol–water partition coefficient (Wildman–Crippen LogP) is 2.57. The average Bonchev–Trinajstić information content (AvgIpc) is 2.59. The molecule has 0 aliphatic carbocycles. The molecule has 0 spiro atoms. The third kappa shape index (κ3) is 8.58. The minimum absolute atomic E-state index is 0.0426. The molecule has 1 fully saturated rings. The number of aliphatic hydroxyl groups excluding tert-OH is 3. The Hall–Kier alpha value is -0.460. The maximum absolute atomic E-state index is 9.95. The maximum atomic E-state index is 9.95. The van der Waals surface area contributed by atoms with Crippen LogP contribution in [-0.4, -0.2) is 59.6 Å². The molecule has 4 atom stereocenters. The van der Waals surface area contributed by atoms with E-state index in [1.54, 1.807) is 0 Å². The number of hydrogen-bond donors (Lipinski definition) is 3. The van der Waals surface area contributed by atoms with Crippen molar-refractivity contribution in [3.63, 3.8) is 0 Å². The van der Waals surface area contributed by atoms with E-state index < -0.39 is 24.4 Å². The van der Waals surface area contributed by atoms with Crippen LogP contribution in [0.2, 0.25) is 0 Å². The molecule has 5 heteroatoms. The topological polar surface area (TPSA) is 79.2 Å². The lowest BCUT2D eigenvalue weighted by Gasteiger charge is -2.37. The van der Waals surface area contributed by atoms with Gasteiger partial charge in [0, 0.05) is 6.61 Å². The van der Waals surface area contributed by atoms with Crippen molar-refractivity contribution < 1.29 is 24.8 Å². The third-order valence-corrected chi connectivity index (χ3v) is 4.57. The fourth-order valence-electron chi connectivity index (χ4n) is 3.03. The van der Waals surface area contributed by atoms with E-state index in [0.29, 0.717) is 6.61 Å². The lowest BCUT2D eigenvalue weighted by atomic mass is 10.0. The van der Waals surface area contributed by atoms with Crippen LogP contribution >= 0.6 is 0 Å². The molecule has 1 aliphatic heterocycles. The van der Waals surface area contributed by atoms with Crippen molar-refractivity contribution >= 4 is 0 Å². The number of allylic oxidation sites excluding steroid dienone is 2. The molecular weight excluding hydrogens is 308 g/mol. The summed E-state index contributed by atoms with van der Waals surface area (Å²) in [5, 5.41) is 28.8. The van der Waals surface area contributed by atoms with Gasteiger partial charge in [0.2, 0.25) is 0 Å². The first-order valence-corrected chi connectivity index (χ1v) is 9.52. The van der Waals surface area contributed by atoms with Crippen LogP contribution in [0.25, 0.3) is 0 Å². The Morgan fingerprint density at radius 1 is 1.00 bits per heavy atom. The zero-order valence-corrected chi connectivity index (χ0v) is 15.1. The second kappa shape index (κ2) is 13.8. The Kier molecular flexibility index (Phi) is 12.4. The lowest BCUT2D eigenvalue weighted by Crippen LogP contribution is -2.55. The van der Waals surface area contributed by atoms with Gasteiger partial charge in [-0.1, -0.05) is 50.7 Å². The maximum Gasteiger partial charge on any atom is 0.114 e. The van der Waals surface area contributed by atoms with E-state index in [9.17, 15) is 15.3 Å². The van der Waals surface area contributed by atoms with Gasteiger partial charge >= 0.3 is 0 Å². The fraction of sp³-hybridized carbons (Fsp3) is 0.895. The number of rotatable bonds is 13. The highest BCUT2D eigenvalue weighted by atomic mass is 16.6. The Morgan fingerprint density at radius 2 is 1.62 bits per heavy atom. The van der Waals surface area contributed by atoms with Crippen molar-refractivity contribution in [2.24, 2.45) is 0 Å². The summed E-state index contributed by atoms with van der Waals surface area (Å²) in [7, 11) is 0. The van der Waals surface area contributed by atoms with Gasteiger partial charge < -0.3 is 24.8 Å². The highest BCUT2D eigenvalue weighted by molar-refractivity contribution is 4.87. The SMILES string of the molecule is C/C=C/CCCCCCCCCCO[C@@H]1[C@@H](O)[C@H](O)CO[C@H]1CO. The molecule has 0 bridgehead atoms. The molecule has 3 N–H and O–H groups in total. The minimum atomic E-state index is -0.988. The van der Waals surface area contributed by atoms with Crippen LogP contribution in [-0.2, 0) is 9.47 Å². The van der Waals surface area contributed by atoms with Crippen molar-refractivity contribution in [1.82, 2.24) is 0 Å². The summed E-state index contributed by atoms with van der Waals surface area (Å²) in [6.45, 7) is 2.43. The van der Waals surface area contributed by atoms with Gasteiger partial charge in [-0.15, -0.1) is 0 Å². The van der Waals surface area contributed by atoms with Crippen LogP contribution in [0.5, 0.6) is 0 Å². The summed E-state index contributed by atoms with van der Waals surface area (Å²) in [6, 6.07) is 0. The molecule has 0 aromatic rings. The smallest absolute Gasteiger partial charge is 0.114 e. The molecule has 0 radical (unpaired) electrons. The fourth-order valence-corrected chi connectivity index (χ4v) is 3.03.